The molecule has 3 nitrogen and oxygen atoms in total. The van der Waals surface area contributed by atoms with Crippen molar-refractivity contribution in [3.05, 3.63) is 29.6 Å². The van der Waals surface area contributed by atoms with Crippen LogP contribution in [0.4, 0.5) is 4.39 Å². The van der Waals surface area contributed by atoms with Crippen LogP contribution in [-0.2, 0) is 0 Å². The molecule has 1 amide bonds. The Labute approximate surface area is 123 Å². The van der Waals surface area contributed by atoms with Gasteiger partial charge in [-0.05, 0) is 43.7 Å². The second-order valence-electron chi connectivity index (χ2n) is 5.17. The summed E-state index contributed by atoms with van der Waals surface area (Å²) in [6, 6.07) is 4.24. The largest absolute Gasteiger partial charge is 0.497 e. The number of benzene rings is 1. The molecule has 0 radical (unpaired) electrons. The molecule has 1 saturated carbocycles. The second-order valence-corrected chi connectivity index (χ2v) is 5.79. The Kier molecular flexibility index (Phi) is 5.24. The number of ether oxygens (including phenoxy) is 1. The van der Waals surface area contributed by atoms with Crippen LogP contribution in [0, 0.1) is 11.7 Å². The number of alkyl halides is 1. The van der Waals surface area contributed by atoms with Gasteiger partial charge >= 0.3 is 0 Å². The first-order valence-electron chi connectivity index (χ1n) is 6.86. The molecule has 0 atom stereocenters. The number of carbonyl (C=O) groups excluding carboxylic acids is 1. The van der Waals surface area contributed by atoms with Crippen molar-refractivity contribution < 1.29 is 13.9 Å². The van der Waals surface area contributed by atoms with E-state index in [-0.39, 0.29) is 16.8 Å². The third-order valence-corrected chi connectivity index (χ3v) is 4.18. The minimum atomic E-state index is -0.564. The number of methoxy groups -OCH3 is 1. The maximum atomic E-state index is 13.7. The Hall–Kier alpha value is -1.29. The number of hydrogen-bond acceptors (Lipinski definition) is 2. The van der Waals surface area contributed by atoms with E-state index in [2.05, 4.69) is 5.32 Å². The molecule has 1 aromatic rings. The molecular weight excluding hydrogens is 281 g/mol. The summed E-state index contributed by atoms with van der Waals surface area (Å²) in [5.74, 6) is -0.0980. The van der Waals surface area contributed by atoms with Crippen molar-refractivity contribution in [2.45, 2.75) is 31.1 Å². The van der Waals surface area contributed by atoms with Crippen molar-refractivity contribution >= 4 is 17.5 Å². The molecule has 2 rings (SSSR count). The summed E-state index contributed by atoms with van der Waals surface area (Å²) in [5, 5.41) is 3.06. The normalized spacial score (nSPS) is 22.4. The van der Waals surface area contributed by atoms with Gasteiger partial charge in [-0.3, -0.25) is 4.79 Å². The minimum Gasteiger partial charge on any atom is -0.497 e. The summed E-state index contributed by atoms with van der Waals surface area (Å²) < 4.78 is 18.7. The van der Waals surface area contributed by atoms with Crippen molar-refractivity contribution in [1.29, 1.82) is 0 Å². The van der Waals surface area contributed by atoms with Crippen LogP contribution in [0.3, 0.4) is 0 Å². The maximum Gasteiger partial charge on any atom is 0.254 e. The highest BCUT2D eigenvalue weighted by Crippen LogP contribution is 2.27. The van der Waals surface area contributed by atoms with E-state index in [9.17, 15) is 9.18 Å². The third-order valence-electron chi connectivity index (χ3n) is 3.75. The molecule has 0 aliphatic heterocycles. The Balaban J connectivity index is 1.88. The lowest BCUT2D eigenvalue weighted by atomic mass is 9.89. The average Bonchev–Trinajstić information content (AvgIpc) is 2.46. The monoisotopic (exact) mass is 299 g/mol. The van der Waals surface area contributed by atoms with E-state index < -0.39 is 5.82 Å². The summed E-state index contributed by atoms with van der Waals surface area (Å²) in [6.07, 6.45) is 4.00. The van der Waals surface area contributed by atoms with E-state index in [1.165, 1.54) is 19.2 Å². The summed E-state index contributed by atoms with van der Waals surface area (Å²) >= 11 is 6.04. The topological polar surface area (TPSA) is 38.3 Å². The van der Waals surface area contributed by atoms with Crippen molar-refractivity contribution in [2.75, 3.05) is 13.7 Å². The van der Waals surface area contributed by atoms with Crippen molar-refractivity contribution in [2.24, 2.45) is 5.92 Å². The Morgan fingerprint density at radius 2 is 2.10 bits per heavy atom. The predicted octanol–water partition coefficient (Wildman–Crippen LogP) is 3.36. The first-order chi connectivity index (χ1) is 9.60. The van der Waals surface area contributed by atoms with Gasteiger partial charge in [-0.15, -0.1) is 11.6 Å². The van der Waals surface area contributed by atoms with Gasteiger partial charge in [-0.2, -0.15) is 0 Å². The van der Waals surface area contributed by atoms with Gasteiger partial charge in [0, 0.05) is 18.0 Å². The number of nitrogens with one attached hydrogen (secondary N) is 1. The summed E-state index contributed by atoms with van der Waals surface area (Å²) in [6.45, 7) is 0.577. The molecule has 0 saturated heterocycles. The highest BCUT2D eigenvalue weighted by atomic mass is 35.5. The molecule has 0 heterocycles. The van der Waals surface area contributed by atoms with Crippen LogP contribution in [0.25, 0.3) is 0 Å². The van der Waals surface area contributed by atoms with E-state index in [1.54, 1.807) is 6.07 Å². The lowest BCUT2D eigenvalue weighted by Gasteiger charge is -2.25. The Bertz CT molecular complexity index is 473. The van der Waals surface area contributed by atoms with Crippen LogP contribution in [-0.4, -0.2) is 24.9 Å². The molecule has 0 aromatic heterocycles. The van der Waals surface area contributed by atoms with Crippen LogP contribution >= 0.6 is 11.6 Å². The molecule has 1 N–H and O–H groups in total. The molecule has 5 heteroatoms. The lowest BCUT2D eigenvalue weighted by Crippen LogP contribution is -2.31. The lowest BCUT2D eigenvalue weighted by molar-refractivity contribution is 0.0939. The molecule has 1 aliphatic carbocycles. The standard InChI is InChI=1S/C15H19ClFNO2/c1-20-12-6-7-13(14(17)8-12)15(19)18-9-10-2-4-11(16)5-3-10/h6-8,10-11H,2-5,9H2,1H3,(H,18,19). The van der Waals surface area contributed by atoms with Crippen LogP contribution in [0.15, 0.2) is 18.2 Å². The van der Waals surface area contributed by atoms with Gasteiger partial charge in [0.15, 0.2) is 0 Å². The number of carbonyl (C=O) groups is 1. The van der Waals surface area contributed by atoms with Gasteiger partial charge in [0.1, 0.15) is 11.6 Å². The Morgan fingerprint density at radius 3 is 2.70 bits per heavy atom. The maximum absolute atomic E-state index is 13.7. The zero-order valence-electron chi connectivity index (χ0n) is 11.5. The summed E-state index contributed by atoms with van der Waals surface area (Å²) in [7, 11) is 1.46. The quantitative estimate of drug-likeness (QED) is 0.866. The summed E-state index contributed by atoms with van der Waals surface area (Å²) in [4.78, 5) is 12.0. The van der Waals surface area contributed by atoms with Crippen molar-refractivity contribution in [3.63, 3.8) is 0 Å². The molecule has 1 aromatic carbocycles. The zero-order valence-corrected chi connectivity index (χ0v) is 12.3. The fourth-order valence-corrected chi connectivity index (χ4v) is 2.72. The number of rotatable bonds is 4. The fraction of sp³-hybridized carbons (Fsp3) is 0.533. The van der Waals surface area contributed by atoms with Crippen molar-refractivity contribution in [1.82, 2.24) is 5.32 Å². The molecule has 0 spiro atoms. The predicted molar refractivity (Wildman–Crippen MR) is 76.9 cm³/mol. The van der Waals surface area contributed by atoms with E-state index >= 15 is 0 Å². The van der Waals surface area contributed by atoms with Gasteiger partial charge in [-0.25, -0.2) is 4.39 Å². The van der Waals surface area contributed by atoms with E-state index in [0.717, 1.165) is 25.7 Å². The van der Waals surface area contributed by atoms with E-state index in [0.29, 0.717) is 18.2 Å². The summed E-state index contributed by atoms with van der Waals surface area (Å²) in [5.41, 5.74) is 0.0526. The van der Waals surface area contributed by atoms with Crippen LogP contribution in [0.5, 0.6) is 5.75 Å². The van der Waals surface area contributed by atoms with Gasteiger partial charge in [0.2, 0.25) is 0 Å². The fourth-order valence-electron chi connectivity index (χ4n) is 2.47. The number of amides is 1. The Morgan fingerprint density at radius 1 is 1.40 bits per heavy atom. The molecule has 110 valence electrons. The van der Waals surface area contributed by atoms with Crippen LogP contribution in [0.2, 0.25) is 0 Å². The highest BCUT2D eigenvalue weighted by Gasteiger charge is 2.20. The smallest absolute Gasteiger partial charge is 0.254 e. The third kappa shape index (κ3) is 3.85. The second kappa shape index (κ2) is 6.93. The van der Waals surface area contributed by atoms with E-state index in [4.69, 9.17) is 16.3 Å². The molecule has 1 fully saturated rings. The van der Waals surface area contributed by atoms with Gasteiger partial charge in [0.05, 0.1) is 12.7 Å². The molecule has 0 bridgehead atoms. The zero-order chi connectivity index (χ0) is 14.5. The number of hydrogen-bond donors (Lipinski definition) is 1. The average molecular weight is 300 g/mol. The van der Waals surface area contributed by atoms with Gasteiger partial charge in [0.25, 0.3) is 5.91 Å². The highest BCUT2D eigenvalue weighted by molar-refractivity contribution is 6.20. The first kappa shape index (κ1) is 15.1. The molecule has 0 unspecified atom stereocenters. The molecule has 1 aliphatic rings. The van der Waals surface area contributed by atoms with Crippen LogP contribution in [0.1, 0.15) is 36.0 Å². The van der Waals surface area contributed by atoms with Gasteiger partial charge in [-0.1, -0.05) is 0 Å². The van der Waals surface area contributed by atoms with Crippen molar-refractivity contribution in [3.8, 4) is 5.75 Å². The molecule has 20 heavy (non-hydrogen) atoms. The SMILES string of the molecule is COc1ccc(C(=O)NCC2CCC(Cl)CC2)c(F)c1. The van der Waals surface area contributed by atoms with E-state index in [1.807, 2.05) is 0 Å². The molecular formula is C15H19ClFNO2. The van der Waals surface area contributed by atoms with Gasteiger partial charge < -0.3 is 10.1 Å². The van der Waals surface area contributed by atoms with Crippen LogP contribution < -0.4 is 10.1 Å². The minimum absolute atomic E-state index is 0.0526. The first-order valence-corrected chi connectivity index (χ1v) is 7.29. The number of halogens is 2.